The molecule has 0 aromatic heterocycles. The molecule has 2 fully saturated rings. The summed E-state index contributed by atoms with van der Waals surface area (Å²) in [5.41, 5.74) is -0.398. The van der Waals surface area contributed by atoms with E-state index in [4.69, 9.17) is 0 Å². The fourth-order valence-electron chi connectivity index (χ4n) is 3.57. The SMILES string of the molecule is CCCN(CC1(O)CCCCC1)C1CCCNC1. The molecule has 3 heteroatoms. The van der Waals surface area contributed by atoms with Crippen molar-refractivity contribution in [2.75, 3.05) is 26.2 Å². The quantitative estimate of drug-likeness (QED) is 0.789. The van der Waals surface area contributed by atoms with E-state index in [1.165, 1.54) is 45.1 Å². The average molecular weight is 254 g/mol. The van der Waals surface area contributed by atoms with Gasteiger partial charge in [-0.2, -0.15) is 0 Å². The van der Waals surface area contributed by atoms with Gasteiger partial charge in [0.15, 0.2) is 0 Å². The number of hydrogen-bond acceptors (Lipinski definition) is 3. The lowest BCUT2D eigenvalue weighted by molar-refractivity contribution is -0.0381. The number of piperidine rings is 1. The predicted molar refractivity (Wildman–Crippen MR) is 75.8 cm³/mol. The van der Waals surface area contributed by atoms with Gasteiger partial charge in [-0.15, -0.1) is 0 Å². The summed E-state index contributed by atoms with van der Waals surface area (Å²) < 4.78 is 0. The lowest BCUT2D eigenvalue weighted by Gasteiger charge is -2.41. The van der Waals surface area contributed by atoms with Gasteiger partial charge < -0.3 is 10.4 Å². The maximum atomic E-state index is 10.7. The number of aliphatic hydroxyl groups is 1. The van der Waals surface area contributed by atoms with E-state index in [9.17, 15) is 5.11 Å². The molecule has 2 aliphatic rings. The van der Waals surface area contributed by atoms with Crippen LogP contribution >= 0.6 is 0 Å². The van der Waals surface area contributed by atoms with Crippen LogP contribution in [0.3, 0.4) is 0 Å². The fraction of sp³-hybridized carbons (Fsp3) is 1.00. The molecule has 0 amide bonds. The highest BCUT2D eigenvalue weighted by Crippen LogP contribution is 2.29. The van der Waals surface area contributed by atoms with Gasteiger partial charge in [-0.25, -0.2) is 0 Å². The molecule has 1 saturated carbocycles. The summed E-state index contributed by atoms with van der Waals surface area (Å²) in [5.74, 6) is 0. The summed E-state index contributed by atoms with van der Waals surface area (Å²) in [6.45, 7) is 6.55. The molecule has 1 aliphatic carbocycles. The van der Waals surface area contributed by atoms with Gasteiger partial charge in [0.1, 0.15) is 0 Å². The van der Waals surface area contributed by atoms with Crippen LogP contribution < -0.4 is 5.32 Å². The molecule has 1 unspecified atom stereocenters. The second kappa shape index (κ2) is 6.88. The van der Waals surface area contributed by atoms with Crippen molar-refractivity contribution < 1.29 is 5.11 Å². The van der Waals surface area contributed by atoms with E-state index in [-0.39, 0.29) is 0 Å². The van der Waals surface area contributed by atoms with E-state index < -0.39 is 5.60 Å². The van der Waals surface area contributed by atoms with Crippen LogP contribution in [-0.4, -0.2) is 47.8 Å². The van der Waals surface area contributed by atoms with Crippen LogP contribution in [0.1, 0.15) is 58.3 Å². The molecule has 2 rings (SSSR count). The molecule has 1 saturated heterocycles. The highest BCUT2D eigenvalue weighted by Gasteiger charge is 2.33. The van der Waals surface area contributed by atoms with Crippen molar-refractivity contribution in [3.05, 3.63) is 0 Å². The van der Waals surface area contributed by atoms with Gasteiger partial charge >= 0.3 is 0 Å². The molecule has 1 heterocycles. The maximum Gasteiger partial charge on any atom is 0.0774 e. The van der Waals surface area contributed by atoms with Gasteiger partial charge in [-0.3, -0.25) is 4.90 Å². The Hall–Kier alpha value is -0.120. The maximum absolute atomic E-state index is 10.7. The summed E-state index contributed by atoms with van der Waals surface area (Å²) in [5, 5.41) is 14.2. The Balaban J connectivity index is 1.91. The second-order valence-corrected chi connectivity index (χ2v) is 6.26. The molecule has 0 aromatic rings. The highest BCUT2D eigenvalue weighted by molar-refractivity contribution is 4.89. The zero-order valence-corrected chi connectivity index (χ0v) is 12.0. The first-order valence-corrected chi connectivity index (χ1v) is 7.91. The first-order valence-electron chi connectivity index (χ1n) is 7.91. The molecule has 2 N–H and O–H groups in total. The lowest BCUT2D eigenvalue weighted by atomic mass is 9.84. The minimum Gasteiger partial charge on any atom is -0.389 e. The van der Waals surface area contributed by atoms with Crippen molar-refractivity contribution in [1.29, 1.82) is 0 Å². The Morgan fingerprint density at radius 2 is 2.00 bits per heavy atom. The van der Waals surface area contributed by atoms with E-state index in [1.54, 1.807) is 0 Å². The number of hydrogen-bond donors (Lipinski definition) is 2. The van der Waals surface area contributed by atoms with E-state index in [1.807, 2.05) is 0 Å². The molecule has 0 radical (unpaired) electrons. The summed E-state index contributed by atoms with van der Waals surface area (Å²) in [6, 6.07) is 0.643. The summed E-state index contributed by atoms with van der Waals surface area (Å²) in [7, 11) is 0. The van der Waals surface area contributed by atoms with Crippen LogP contribution in [0.15, 0.2) is 0 Å². The zero-order valence-electron chi connectivity index (χ0n) is 12.0. The molecule has 0 spiro atoms. The minimum atomic E-state index is -0.398. The van der Waals surface area contributed by atoms with Gasteiger partial charge in [0.25, 0.3) is 0 Å². The topological polar surface area (TPSA) is 35.5 Å². The number of rotatable bonds is 5. The van der Waals surface area contributed by atoms with Gasteiger partial charge in [0.2, 0.25) is 0 Å². The van der Waals surface area contributed by atoms with Crippen molar-refractivity contribution in [3.8, 4) is 0 Å². The molecule has 0 aromatic carbocycles. The van der Waals surface area contributed by atoms with E-state index >= 15 is 0 Å². The molecular formula is C15H30N2O. The van der Waals surface area contributed by atoms with Crippen molar-refractivity contribution >= 4 is 0 Å². The van der Waals surface area contributed by atoms with E-state index in [0.29, 0.717) is 6.04 Å². The van der Waals surface area contributed by atoms with Gasteiger partial charge in [0, 0.05) is 19.1 Å². The molecule has 1 atom stereocenters. The summed E-state index contributed by atoms with van der Waals surface area (Å²) >= 11 is 0. The number of nitrogens with zero attached hydrogens (tertiary/aromatic N) is 1. The zero-order chi connectivity index (χ0) is 12.8. The third-order valence-electron chi connectivity index (χ3n) is 4.58. The normalized spacial score (nSPS) is 28.5. The van der Waals surface area contributed by atoms with E-state index in [0.717, 1.165) is 32.5 Å². The van der Waals surface area contributed by atoms with E-state index in [2.05, 4.69) is 17.1 Å². The molecule has 18 heavy (non-hydrogen) atoms. The molecule has 106 valence electrons. The lowest BCUT2D eigenvalue weighted by Crippen LogP contribution is -2.52. The minimum absolute atomic E-state index is 0.398. The van der Waals surface area contributed by atoms with Crippen molar-refractivity contribution in [3.63, 3.8) is 0 Å². The van der Waals surface area contributed by atoms with Gasteiger partial charge in [-0.1, -0.05) is 26.2 Å². The van der Waals surface area contributed by atoms with Gasteiger partial charge in [0.05, 0.1) is 5.60 Å². The van der Waals surface area contributed by atoms with Crippen molar-refractivity contribution in [2.24, 2.45) is 0 Å². The molecule has 0 bridgehead atoms. The first-order chi connectivity index (χ1) is 8.73. The Bertz CT molecular complexity index is 233. The smallest absolute Gasteiger partial charge is 0.0774 e. The Morgan fingerprint density at radius 1 is 1.22 bits per heavy atom. The molecule has 1 aliphatic heterocycles. The monoisotopic (exact) mass is 254 g/mol. The predicted octanol–water partition coefficient (Wildman–Crippen LogP) is 2.15. The number of nitrogens with one attached hydrogen (secondary N) is 1. The second-order valence-electron chi connectivity index (χ2n) is 6.26. The largest absolute Gasteiger partial charge is 0.389 e. The Labute approximate surface area is 112 Å². The van der Waals surface area contributed by atoms with Crippen LogP contribution in [0.2, 0.25) is 0 Å². The summed E-state index contributed by atoms with van der Waals surface area (Å²) in [6.07, 6.45) is 9.50. The fourth-order valence-corrected chi connectivity index (χ4v) is 3.57. The molecule has 3 nitrogen and oxygen atoms in total. The third-order valence-corrected chi connectivity index (χ3v) is 4.58. The van der Waals surface area contributed by atoms with Crippen molar-refractivity contribution in [2.45, 2.75) is 69.9 Å². The van der Waals surface area contributed by atoms with Crippen LogP contribution in [-0.2, 0) is 0 Å². The first kappa shape index (κ1) is 14.3. The Morgan fingerprint density at radius 3 is 2.61 bits per heavy atom. The van der Waals surface area contributed by atoms with Crippen molar-refractivity contribution in [1.82, 2.24) is 10.2 Å². The average Bonchev–Trinajstić information content (AvgIpc) is 2.40. The van der Waals surface area contributed by atoms with Crippen LogP contribution in [0.25, 0.3) is 0 Å². The van der Waals surface area contributed by atoms with Crippen LogP contribution in [0, 0.1) is 0 Å². The van der Waals surface area contributed by atoms with Gasteiger partial charge in [-0.05, 0) is 45.2 Å². The Kier molecular flexibility index (Phi) is 5.46. The highest BCUT2D eigenvalue weighted by atomic mass is 16.3. The standard InChI is InChI=1S/C15H30N2O/c1-2-11-17(14-7-6-10-16-12-14)13-15(18)8-4-3-5-9-15/h14,16,18H,2-13H2,1H3. The van der Waals surface area contributed by atoms with Crippen LogP contribution in [0.4, 0.5) is 0 Å². The third kappa shape index (κ3) is 3.94. The summed E-state index contributed by atoms with van der Waals surface area (Å²) in [4.78, 5) is 2.55. The van der Waals surface area contributed by atoms with Crippen LogP contribution in [0.5, 0.6) is 0 Å². The molecular weight excluding hydrogens is 224 g/mol.